The van der Waals surface area contributed by atoms with Crippen molar-refractivity contribution in [3.8, 4) is 11.5 Å². The molecule has 0 aromatic heterocycles. The van der Waals surface area contributed by atoms with Crippen LogP contribution >= 0.6 is 10.3 Å². The highest BCUT2D eigenvalue weighted by Gasteiger charge is 2.57. The van der Waals surface area contributed by atoms with Crippen LogP contribution in [0.5, 0.6) is 11.5 Å². The van der Waals surface area contributed by atoms with Crippen LogP contribution in [0.25, 0.3) is 0 Å². The van der Waals surface area contributed by atoms with Crippen LogP contribution in [-0.4, -0.2) is 27.8 Å². The van der Waals surface area contributed by atoms with Gasteiger partial charge in [-0.1, -0.05) is 18.2 Å². The third-order valence-corrected chi connectivity index (χ3v) is 9.07. The summed E-state index contributed by atoms with van der Waals surface area (Å²) in [5.41, 5.74) is -5.59. The Balaban J connectivity index is 2.39. The third kappa shape index (κ3) is 4.04. The maximum atomic E-state index is 13.3. The second kappa shape index (κ2) is 7.62. The van der Waals surface area contributed by atoms with Gasteiger partial charge in [-0.2, -0.15) is 13.2 Å². The van der Waals surface area contributed by atoms with E-state index in [-0.39, 0.29) is 26.2 Å². The zero-order valence-corrected chi connectivity index (χ0v) is 16.2. The summed E-state index contributed by atoms with van der Waals surface area (Å²) < 4.78 is 67.6. The van der Waals surface area contributed by atoms with Gasteiger partial charge in [-0.25, -0.2) is 0 Å². The van der Waals surface area contributed by atoms with E-state index in [9.17, 15) is 31.8 Å². The molecule has 5 nitrogen and oxygen atoms in total. The number of halogens is 3. The molecular formula is C19H16F3O5S2+. The highest BCUT2D eigenvalue weighted by molar-refractivity contribution is 8.32. The predicted octanol–water partition coefficient (Wildman–Crippen LogP) is 5.24. The normalized spacial score (nSPS) is 13.2. The maximum absolute atomic E-state index is 13.3. The Labute approximate surface area is 166 Å². The van der Waals surface area contributed by atoms with Crippen LogP contribution in [0.2, 0.25) is 0 Å². The number of rotatable bonds is 5. The van der Waals surface area contributed by atoms with Gasteiger partial charge in [0.15, 0.2) is 0 Å². The lowest BCUT2D eigenvalue weighted by molar-refractivity contribution is -0.0540. The summed E-state index contributed by atoms with van der Waals surface area (Å²) >= 11 is 0. The van der Waals surface area contributed by atoms with Crippen molar-refractivity contribution < 1.29 is 35.4 Å². The lowest BCUT2D eigenvalue weighted by Gasteiger charge is -2.34. The van der Waals surface area contributed by atoms with Gasteiger partial charge in [-0.15, -0.1) is 8.42 Å². The van der Waals surface area contributed by atoms with E-state index in [1.165, 1.54) is 60.7 Å². The summed E-state index contributed by atoms with van der Waals surface area (Å²) in [6.45, 7) is 0. The molecule has 0 aliphatic rings. The molecule has 0 spiro atoms. The fourth-order valence-corrected chi connectivity index (χ4v) is 7.61. The Morgan fingerprint density at radius 2 is 1.03 bits per heavy atom. The third-order valence-electron chi connectivity index (χ3n) is 3.94. The lowest BCUT2D eigenvalue weighted by atomic mass is 10.3. The number of alkyl halides is 3. The molecule has 0 fully saturated rings. The van der Waals surface area contributed by atoms with Crippen LogP contribution in [-0.2, 0) is 10.1 Å². The monoisotopic (exact) mass is 445 g/mol. The summed E-state index contributed by atoms with van der Waals surface area (Å²) in [4.78, 5) is 0.573. The van der Waals surface area contributed by atoms with Crippen molar-refractivity contribution in [1.29, 1.82) is 0 Å². The van der Waals surface area contributed by atoms with Crippen molar-refractivity contribution in [3.05, 3.63) is 78.9 Å². The molecule has 0 radical (unpaired) electrons. The van der Waals surface area contributed by atoms with Gasteiger partial charge in [-0.3, -0.25) is 3.63 Å². The average Bonchev–Trinajstić information content (AvgIpc) is 2.67. The van der Waals surface area contributed by atoms with Crippen molar-refractivity contribution in [1.82, 2.24) is 0 Å². The standard InChI is InChI=1S/C19H15F3O5S2/c20-19(21,22)29(25,26)27-28(16-4-2-1-3-5-16,17-10-6-14(23)7-11-17)18-12-8-15(24)9-13-18/h1-13,23-24H/p+1. The van der Waals surface area contributed by atoms with Crippen LogP contribution in [0.15, 0.2) is 93.5 Å². The molecular weight excluding hydrogens is 429 g/mol. The van der Waals surface area contributed by atoms with Crippen LogP contribution in [0.4, 0.5) is 13.2 Å². The molecule has 0 atom stereocenters. The number of phenolic OH excluding ortho intramolecular Hbond substituents is 2. The van der Waals surface area contributed by atoms with Gasteiger partial charge in [0.2, 0.25) is 0 Å². The molecule has 154 valence electrons. The number of benzene rings is 3. The molecule has 0 amide bonds. The Kier molecular flexibility index (Phi) is 5.52. The van der Waals surface area contributed by atoms with E-state index in [0.717, 1.165) is 0 Å². The number of hydrogen-bond donors (Lipinski definition) is 2. The van der Waals surface area contributed by atoms with E-state index >= 15 is 0 Å². The SMILES string of the molecule is O=S(=O)([OH+]S(c1ccccc1)(c1ccc(O)cc1)c1ccc(O)cc1)C(F)(F)F. The molecule has 3 aromatic rings. The predicted molar refractivity (Wildman–Crippen MR) is 103 cm³/mol. The van der Waals surface area contributed by atoms with Crippen molar-refractivity contribution in [3.63, 3.8) is 0 Å². The second-order valence-corrected chi connectivity index (χ2v) is 10.5. The quantitative estimate of drug-likeness (QED) is 0.320. The Morgan fingerprint density at radius 3 is 1.41 bits per heavy atom. The first-order valence-corrected chi connectivity index (χ1v) is 11.1. The molecule has 0 unspecified atom stereocenters. The minimum Gasteiger partial charge on any atom is -0.508 e. The van der Waals surface area contributed by atoms with Gasteiger partial charge in [0, 0.05) is 0 Å². The molecule has 29 heavy (non-hydrogen) atoms. The second-order valence-electron chi connectivity index (χ2n) is 5.88. The number of aromatic hydroxyl groups is 2. The first-order valence-electron chi connectivity index (χ1n) is 8.08. The van der Waals surface area contributed by atoms with Crippen LogP contribution in [0.3, 0.4) is 0 Å². The minimum atomic E-state index is -5.88. The molecule has 0 heterocycles. The molecule has 0 saturated heterocycles. The van der Waals surface area contributed by atoms with E-state index in [1.807, 2.05) is 0 Å². The van der Waals surface area contributed by atoms with Gasteiger partial charge < -0.3 is 10.2 Å². The van der Waals surface area contributed by atoms with Gasteiger partial charge in [-0.05, 0) is 60.7 Å². The molecule has 0 aliphatic heterocycles. The summed E-state index contributed by atoms with van der Waals surface area (Å²) in [6.07, 6.45) is 0. The molecule has 0 aliphatic carbocycles. The fraction of sp³-hybridized carbons (Fsp3) is 0.0526. The van der Waals surface area contributed by atoms with Crippen molar-refractivity contribution in [2.45, 2.75) is 20.2 Å². The molecule has 3 N–H and O–H groups in total. The highest BCUT2D eigenvalue weighted by Crippen LogP contribution is 2.69. The molecule has 10 heteroatoms. The average molecular weight is 445 g/mol. The van der Waals surface area contributed by atoms with E-state index < -0.39 is 25.9 Å². The summed E-state index contributed by atoms with van der Waals surface area (Å²) in [5, 5.41) is 19.2. The zero-order chi connectivity index (χ0) is 21.3. The van der Waals surface area contributed by atoms with Crippen molar-refractivity contribution in [2.24, 2.45) is 0 Å². The van der Waals surface area contributed by atoms with Crippen LogP contribution < -0.4 is 0 Å². The van der Waals surface area contributed by atoms with Gasteiger partial charge >= 0.3 is 15.6 Å². The number of phenols is 2. The molecule has 0 saturated carbocycles. The molecule has 3 aromatic carbocycles. The first kappa shape index (κ1) is 21.0. The van der Waals surface area contributed by atoms with Gasteiger partial charge in [0.25, 0.3) is 0 Å². The van der Waals surface area contributed by atoms with Gasteiger partial charge in [0.05, 0.1) is 25.0 Å². The van der Waals surface area contributed by atoms with Crippen molar-refractivity contribution in [2.75, 3.05) is 0 Å². The minimum absolute atomic E-state index is 0.139. The Hall–Kier alpha value is -2.69. The number of hydrogen-bond acceptors (Lipinski definition) is 4. The Morgan fingerprint density at radius 1 is 0.655 bits per heavy atom. The van der Waals surface area contributed by atoms with Crippen LogP contribution in [0.1, 0.15) is 0 Å². The summed E-state index contributed by atoms with van der Waals surface area (Å²) in [7, 11) is -9.20. The summed E-state index contributed by atoms with van der Waals surface area (Å²) in [6, 6.07) is 18.1. The van der Waals surface area contributed by atoms with Gasteiger partial charge in [0.1, 0.15) is 11.5 Å². The fourth-order valence-electron chi connectivity index (χ4n) is 2.63. The largest absolute Gasteiger partial charge is 0.572 e. The van der Waals surface area contributed by atoms with E-state index in [4.69, 9.17) is 0 Å². The smallest absolute Gasteiger partial charge is 0.508 e. The Bertz CT molecular complexity index is 1040. The van der Waals surface area contributed by atoms with Crippen molar-refractivity contribution >= 4 is 20.4 Å². The maximum Gasteiger partial charge on any atom is 0.572 e. The van der Waals surface area contributed by atoms with E-state index in [1.54, 1.807) is 18.2 Å². The lowest BCUT2D eigenvalue weighted by Crippen LogP contribution is -2.30. The molecule has 0 bridgehead atoms. The summed E-state index contributed by atoms with van der Waals surface area (Å²) in [5.74, 6) is -0.279. The van der Waals surface area contributed by atoms with E-state index in [0.29, 0.717) is 0 Å². The zero-order valence-electron chi connectivity index (χ0n) is 14.6. The first-order chi connectivity index (χ1) is 13.6. The topological polar surface area (TPSA) is 87.4 Å². The molecule has 3 rings (SSSR count). The highest BCUT2D eigenvalue weighted by atomic mass is 32.3. The van der Waals surface area contributed by atoms with Crippen LogP contribution in [0, 0.1) is 0 Å². The van der Waals surface area contributed by atoms with E-state index in [2.05, 4.69) is 3.63 Å².